The van der Waals surface area contributed by atoms with Crippen LogP contribution in [0, 0.1) is 0 Å². The van der Waals surface area contributed by atoms with Gasteiger partial charge >= 0.3 is 6.01 Å². The van der Waals surface area contributed by atoms with Crippen molar-refractivity contribution in [1.82, 2.24) is 24.6 Å². The molecule has 0 aliphatic carbocycles. The molecule has 0 aromatic carbocycles. The lowest BCUT2D eigenvalue weighted by Crippen LogP contribution is -2.38. The number of imidazole rings is 1. The van der Waals surface area contributed by atoms with Crippen molar-refractivity contribution >= 4 is 6.01 Å². The van der Waals surface area contributed by atoms with Crippen molar-refractivity contribution in [3.05, 3.63) is 12.5 Å². The second-order valence-electron chi connectivity index (χ2n) is 5.58. The van der Waals surface area contributed by atoms with E-state index >= 15 is 0 Å². The molecule has 3 aliphatic heterocycles. The molecule has 3 fully saturated rings. The topological polar surface area (TPSA) is 63.2 Å². The average Bonchev–Trinajstić information content (AvgIpc) is 3.01. The van der Waals surface area contributed by atoms with Crippen LogP contribution in [0.4, 0.5) is 6.01 Å². The minimum Gasteiger partial charge on any atom is -0.401 e. The van der Waals surface area contributed by atoms with E-state index in [2.05, 4.69) is 25.0 Å². The Morgan fingerprint density at radius 3 is 2.75 bits per heavy atom. The fourth-order valence-electron chi connectivity index (χ4n) is 3.10. The van der Waals surface area contributed by atoms with Crippen molar-refractivity contribution in [1.29, 1.82) is 0 Å². The lowest BCUT2D eigenvalue weighted by atomic mass is 10.1. The molecule has 20 heavy (non-hydrogen) atoms. The van der Waals surface area contributed by atoms with E-state index in [1.165, 1.54) is 25.9 Å². The van der Waals surface area contributed by atoms with Crippen LogP contribution in [0.5, 0.6) is 0 Å². The zero-order valence-corrected chi connectivity index (χ0v) is 11.6. The fourth-order valence-corrected chi connectivity index (χ4v) is 3.10. The summed E-state index contributed by atoms with van der Waals surface area (Å²) < 4.78 is 7.71. The maximum absolute atomic E-state index is 5.84. The third-order valence-corrected chi connectivity index (χ3v) is 4.24. The van der Waals surface area contributed by atoms with Crippen molar-refractivity contribution in [2.75, 3.05) is 31.1 Å². The number of fused-ring (bicyclic) bond motifs is 4. The van der Waals surface area contributed by atoms with Crippen LogP contribution in [0.15, 0.2) is 16.9 Å². The molecule has 0 saturated carbocycles. The second-order valence-corrected chi connectivity index (χ2v) is 5.58. The van der Waals surface area contributed by atoms with Crippen molar-refractivity contribution in [2.45, 2.75) is 18.9 Å². The van der Waals surface area contributed by atoms with E-state index in [-0.39, 0.29) is 0 Å². The van der Waals surface area contributed by atoms with Crippen LogP contribution in [0.3, 0.4) is 0 Å². The van der Waals surface area contributed by atoms with Crippen molar-refractivity contribution in [3.63, 3.8) is 0 Å². The van der Waals surface area contributed by atoms with E-state index in [0.29, 0.717) is 17.9 Å². The molecule has 2 bridgehead atoms. The standard InChI is InChI=1S/C13H18N6O/c1-17-8-11(14-9-17)12-15-16-13(20-12)19-7-6-18-4-2-10(19)3-5-18/h8-10H,2-7H2,1H3. The molecule has 5 heterocycles. The van der Waals surface area contributed by atoms with E-state index in [4.69, 9.17) is 4.42 Å². The Morgan fingerprint density at radius 2 is 2.00 bits per heavy atom. The quantitative estimate of drug-likeness (QED) is 0.805. The number of rotatable bonds is 2. The zero-order valence-electron chi connectivity index (χ0n) is 11.6. The first-order valence-electron chi connectivity index (χ1n) is 7.10. The summed E-state index contributed by atoms with van der Waals surface area (Å²) in [5.74, 6) is 0.500. The van der Waals surface area contributed by atoms with Gasteiger partial charge in [0, 0.05) is 45.5 Å². The summed E-state index contributed by atoms with van der Waals surface area (Å²) >= 11 is 0. The molecule has 7 heteroatoms. The monoisotopic (exact) mass is 274 g/mol. The van der Waals surface area contributed by atoms with Crippen LogP contribution in [0.1, 0.15) is 12.8 Å². The highest BCUT2D eigenvalue weighted by atomic mass is 16.4. The smallest absolute Gasteiger partial charge is 0.318 e. The highest BCUT2D eigenvalue weighted by molar-refractivity contribution is 5.46. The second kappa shape index (κ2) is 4.59. The number of aromatic nitrogens is 4. The molecule has 0 atom stereocenters. The number of nitrogens with zero attached hydrogens (tertiary/aromatic N) is 6. The lowest BCUT2D eigenvalue weighted by molar-refractivity contribution is 0.249. The molecule has 0 amide bonds. The summed E-state index contributed by atoms with van der Waals surface area (Å²) in [6.07, 6.45) is 5.99. The molecule has 2 aromatic rings. The highest BCUT2D eigenvalue weighted by Crippen LogP contribution is 2.27. The minimum atomic E-state index is 0.500. The molecular formula is C13H18N6O. The van der Waals surface area contributed by atoms with E-state index in [9.17, 15) is 0 Å². The minimum absolute atomic E-state index is 0.500. The van der Waals surface area contributed by atoms with Crippen molar-refractivity contribution in [2.24, 2.45) is 7.05 Å². The molecule has 3 saturated heterocycles. The number of piperidine rings is 1. The summed E-state index contributed by atoms with van der Waals surface area (Å²) in [5.41, 5.74) is 0.731. The van der Waals surface area contributed by atoms with Crippen LogP contribution in [0.25, 0.3) is 11.6 Å². The average molecular weight is 274 g/mol. The van der Waals surface area contributed by atoms with Crippen LogP contribution < -0.4 is 4.90 Å². The summed E-state index contributed by atoms with van der Waals surface area (Å²) in [5, 5.41) is 8.37. The molecule has 0 unspecified atom stereocenters. The Kier molecular flexibility index (Phi) is 2.73. The maximum atomic E-state index is 5.84. The predicted octanol–water partition coefficient (Wildman–Crippen LogP) is 0.754. The van der Waals surface area contributed by atoms with Gasteiger partial charge in [0.25, 0.3) is 5.89 Å². The van der Waals surface area contributed by atoms with Gasteiger partial charge in [-0.1, -0.05) is 5.10 Å². The number of hydrogen-bond acceptors (Lipinski definition) is 6. The Hall–Kier alpha value is -1.89. The largest absolute Gasteiger partial charge is 0.401 e. The summed E-state index contributed by atoms with van der Waals surface area (Å²) in [6.45, 7) is 4.41. The fraction of sp³-hybridized carbons (Fsp3) is 0.615. The Labute approximate surface area is 117 Å². The normalized spacial score (nSPS) is 25.9. The Bertz CT molecular complexity index is 598. The van der Waals surface area contributed by atoms with Crippen LogP contribution in [0.2, 0.25) is 0 Å². The maximum Gasteiger partial charge on any atom is 0.318 e. The molecule has 106 valence electrons. The number of hydrogen-bond donors (Lipinski definition) is 0. The van der Waals surface area contributed by atoms with Gasteiger partial charge in [0.1, 0.15) is 5.69 Å². The van der Waals surface area contributed by atoms with E-state index in [1.54, 1.807) is 6.33 Å². The molecule has 0 spiro atoms. The van der Waals surface area contributed by atoms with Gasteiger partial charge in [-0.15, -0.1) is 5.10 Å². The van der Waals surface area contributed by atoms with Gasteiger partial charge in [0.05, 0.1) is 6.33 Å². The van der Waals surface area contributed by atoms with Crippen LogP contribution >= 0.6 is 0 Å². The predicted molar refractivity (Wildman–Crippen MR) is 73.3 cm³/mol. The summed E-state index contributed by atoms with van der Waals surface area (Å²) in [4.78, 5) is 9.03. The van der Waals surface area contributed by atoms with Gasteiger partial charge in [0.2, 0.25) is 0 Å². The molecule has 0 radical (unpaired) electrons. The Morgan fingerprint density at radius 1 is 1.15 bits per heavy atom. The Balaban J connectivity index is 1.61. The molecular weight excluding hydrogens is 256 g/mol. The van der Waals surface area contributed by atoms with Gasteiger partial charge in [0.15, 0.2) is 0 Å². The van der Waals surface area contributed by atoms with E-state index in [1.807, 2.05) is 17.8 Å². The molecule has 0 N–H and O–H groups in total. The van der Waals surface area contributed by atoms with E-state index < -0.39 is 0 Å². The van der Waals surface area contributed by atoms with Gasteiger partial charge in [-0.2, -0.15) is 0 Å². The highest BCUT2D eigenvalue weighted by Gasteiger charge is 2.31. The first kappa shape index (κ1) is 11.9. The summed E-state index contributed by atoms with van der Waals surface area (Å²) in [7, 11) is 1.93. The van der Waals surface area contributed by atoms with Gasteiger partial charge < -0.3 is 18.8 Å². The molecule has 3 aliphatic rings. The molecule has 2 aromatic heterocycles. The van der Waals surface area contributed by atoms with Crippen LogP contribution in [-0.4, -0.2) is 56.9 Å². The van der Waals surface area contributed by atoms with Gasteiger partial charge in [-0.05, 0) is 12.8 Å². The third kappa shape index (κ3) is 1.98. The summed E-state index contributed by atoms with van der Waals surface area (Å²) in [6, 6.07) is 1.17. The van der Waals surface area contributed by atoms with Crippen molar-refractivity contribution < 1.29 is 4.42 Å². The number of aryl methyl sites for hydroxylation is 1. The van der Waals surface area contributed by atoms with E-state index in [0.717, 1.165) is 18.8 Å². The lowest BCUT2D eigenvalue weighted by Gasteiger charge is -2.29. The van der Waals surface area contributed by atoms with Gasteiger partial charge in [-0.25, -0.2) is 4.98 Å². The number of anilines is 1. The SMILES string of the molecule is Cn1cnc(-c2nnc(N3CCN4CCC3CC4)o2)c1. The third-order valence-electron chi connectivity index (χ3n) is 4.24. The first-order chi connectivity index (χ1) is 9.79. The first-order valence-corrected chi connectivity index (χ1v) is 7.10. The van der Waals surface area contributed by atoms with Gasteiger partial charge in [-0.3, -0.25) is 0 Å². The molecule has 5 rings (SSSR count). The van der Waals surface area contributed by atoms with Crippen LogP contribution in [-0.2, 0) is 7.05 Å². The molecule has 7 nitrogen and oxygen atoms in total. The zero-order chi connectivity index (χ0) is 13.5. The van der Waals surface area contributed by atoms with Crippen molar-refractivity contribution in [3.8, 4) is 11.6 Å².